The summed E-state index contributed by atoms with van der Waals surface area (Å²) >= 11 is 0. The fourth-order valence-corrected chi connectivity index (χ4v) is 4.75. The summed E-state index contributed by atoms with van der Waals surface area (Å²) in [5.74, 6) is 0. The van der Waals surface area contributed by atoms with Gasteiger partial charge in [-0.15, -0.1) is 0 Å². The van der Waals surface area contributed by atoms with E-state index in [2.05, 4.69) is 85.8 Å². The van der Waals surface area contributed by atoms with Crippen molar-refractivity contribution in [1.29, 1.82) is 5.26 Å². The van der Waals surface area contributed by atoms with Crippen LogP contribution in [0.3, 0.4) is 0 Å². The van der Waals surface area contributed by atoms with Gasteiger partial charge in [0, 0.05) is 0 Å². The third-order valence-electron chi connectivity index (χ3n) is 7.07. The summed E-state index contributed by atoms with van der Waals surface area (Å²) in [4.78, 5) is 0. The first-order valence-electron chi connectivity index (χ1n) is 13.5. The van der Waals surface area contributed by atoms with E-state index < -0.39 is 0 Å². The zero-order valence-corrected chi connectivity index (χ0v) is 21.5. The maximum Gasteiger partial charge on any atom is 0.0991 e. The van der Waals surface area contributed by atoms with E-state index in [1.807, 2.05) is 24.3 Å². The van der Waals surface area contributed by atoms with Crippen molar-refractivity contribution in [1.82, 2.24) is 0 Å². The fourth-order valence-electron chi connectivity index (χ4n) is 4.75. The lowest BCUT2D eigenvalue weighted by Crippen LogP contribution is -1.89. The number of unbranched alkanes of at least 4 members (excludes halogenated alkanes) is 6. The number of hydrogen-bond acceptors (Lipinski definition) is 1. The molecule has 0 unspecified atom stereocenters. The normalized spacial score (nSPS) is 10.8. The quantitative estimate of drug-likeness (QED) is 0.189. The maximum atomic E-state index is 8.95. The van der Waals surface area contributed by atoms with E-state index in [0.29, 0.717) is 5.56 Å². The molecule has 0 heterocycles. The van der Waals surface area contributed by atoms with Gasteiger partial charge in [-0.1, -0.05) is 123 Å². The molecule has 0 fully saturated rings. The van der Waals surface area contributed by atoms with Crippen molar-refractivity contribution in [3.05, 3.63) is 119 Å². The van der Waals surface area contributed by atoms with Crippen LogP contribution in [0.15, 0.2) is 97.1 Å². The SMILES string of the molecule is Cc1ccc(-c2ccc(CCCCCCCCCc3ccc(-c4ccc(C#N)cc4)cc3)cc2)cc1. The van der Waals surface area contributed by atoms with Gasteiger partial charge in [-0.05, 0) is 78.1 Å². The molecule has 0 saturated heterocycles. The van der Waals surface area contributed by atoms with Crippen LogP contribution in [0.25, 0.3) is 22.3 Å². The molecule has 0 aliphatic heterocycles. The van der Waals surface area contributed by atoms with Gasteiger partial charge in [0.2, 0.25) is 0 Å². The Morgan fingerprint density at radius 1 is 0.444 bits per heavy atom. The van der Waals surface area contributed by atoms with Gasteiger partial charge in [0.25, 0.3) is 0 Å². The Morgan fingerprint density at radius 3 is 1.17 bits per heavy atom. The van der Waals surface area contributed by atoms with E-state index in [4.69, 9.17) is 5.26 Å². The maximum absolute atomic E-state index is 8.95. The van der Waals surface area contributed by atoms with Gasteiger partial charge in [-0.25, -0.2) is 0 Å². The van der Waals surface area contributed by atoms with Crippen molar-refractivity contribution in [2.24, 2.45) is 0 Å². The highest BCUT2D eigenvalue weighted by molar-refractivity contribution is 5.65. The smallest absolute Gasteiger partial charge is 0.0991 e. The summed E-state index contributed by atoms with van der Waals surface area (Å²) in [6, 6.07) is 36.8. The van der Waals surface area contributed by atoms with Crippen LogP contribution in [0, 0.1) is 18.3 Å². The van der Waals surface area contributed by atoms with Gasteiger partial charge in [-0.3, -0.25) is 0 Å². The van der Waals surface area contributed by atoms with Gasteiger partial charge in [0.15, 0.2) is 0 Å². The molecule has 4 aromatic carbocycles. The number of nitriles is 1. The molecule has 0 spiro atoms. The largest absolute Gasteiger partial charge is 0.192 e. The highest BCUT2D eigenvalue weighted by Gasteiger charge is 2.01. The third kappa shape index (κ3) is 7.69. The lowest BCUT2D eigenvalue weighted by Gasteiger charge is -2.06. The van der Waals surface area contributed by atoms with Crippen molar-refractivity contribution < 1.29 is 0 Å². The van der Waals surface area contributed by atoms with Crippen molar-refractivity contribution in [3.63, 3.8) is 0 Å². The second-order valence-corrected chi connectivity index (χ2v) is 9.92. The first-order chi connectivity index (χ1) is 17.7. The predicted molar refractivity (Wildman–Crippen MR) is 153 cm³/mol. The minimum absolute atomic E-state index is 0.708. The van der Waals surface area contributed by atoms with Crippen LogP contribution in [0.2, 0.25) is 0 Å². The molecule has 182 valence electrons. The number of nitrogens with zero attached hydrogens (tertiary/aromatic N) is 1. The Hall–Kier alpha value is -3.63. The lowest BCUT2D eigenvalue weighted by molar-refractivity contribution is 0.579. The van der Waals surface area contributed by atoms with Crippen molar-refractivity contribution in [2.45, 2.75) is 64.7 Å². The second-order valence-electron chi connectivity index (χ2n) is 9.92. The molecule has 4 rings (SSSR count). The highest BCUT2D eigenvalue weighted by Crippen LogP contribution is 2.22. The Kier molecular flexibility index (Phi) is 9.52. The van der Waals surface area contributed by atoms with Gasteiger partial charge >= 0.3 is 0 Å². The van der Waals surface area contributed by atoms with E-state index in [0.717, 1.165) is 6.42 Å². The second kappa shape index (κ2) is 13.5. The van der Waals surface area contributed by atoms with Gasteiger partial charge < -0.3 is 0 Å². The summed E-state index contributed by atoms with van der Waals surface area (Å²) in [6.45, 7) is 2.13. The Morgan fingerprint density at radius 2 is 0.778 bits per heavy atom. The molecule has 0 aliphatic carbocycles. The molecule has 0 radical (unpaired) electrons. The minimum Gasteiger partial charge on any atom is -0.192 e. The number of aryl methyl sites for hydroxylation is 3. The Labute approximate surface area is 217 Å². The van der Waals surface area contributed by atoms with E-state index in [-0.39, 0.29) is 0 Å². The van der Waals surface area contributed by atoms with Gasteiger partial charge in [0.1, 0.15) is 0 Å². The van der Waals surface area contributed by atoms with E-state index >= 15 is 0 Å². The predicted octanol–water partition coefficient (Wildman–Crippen LogP) is 9.72. The number of rotatable bonds is 12. The van der Waals surface area contributed by atoms with Crippen LogP contribution in [0.5, 0.6) is 0 Å². The van der Waals surface area contributed by atoms with Crippen LogP contribution in [-0.2, 0) is 12.8 Å². The topological polar surface area (TPSA) is 23.8 Å². The van der Waals surface area contributed by atoms with E-state index in [9.17, 15) is 0 Å². The Balaban J connectivity index is 1.06. The van der Waals surface area contributed by atoms with Crippen LogP contribution >= 0.6 is 0 Å². The van der Waals surface area contributed by atoms with E-state index in [1.54, 1.807) is 0 Å². The molecule has 0 saturated carbocycles. The standard InChI is InChI=1S/C35H37N/c1-28-11-19-32(20-12-28)33-21-13-29(14-22-33)9-7-5-3-2-4-6-8-10-30-15-23-34(24-16-30)35-25-17-31(27-36)18-26-35/h11-26H,2-10H2,1H3. The summed E-state index contributed by atoms with van der Waals surface area (Å²) in [7, 11) is 0. The molecule has 0 N–H and O–H groups in total. The number of benzene rings is 4. The third-order valence-corrected chi connectivity index (χ3v) is 7.07. The monoisotopic (exact) mass is 471 g/mol. The highest BCUT2D eigenvalue weighted by atomic mass is 14.2. The molecule has 4 aromatic rings. The van der Waals surface area contributed by atoms with Crippen LogP contribution in [0.1, 0.15) is 67.2 Å². The zero-order valence-electron chi connectivity index (χ0n) is 21.5. The van der Waals surface area contributed by atoms with E-state index in [1.165, 1.54) is 90.3 Å². The molecule has 1 nitrogen and oxygen atoms in total. The molecule has 1 heteroatoms. The first-order valence-corrected chi connectivity index (χ1v) is 13.5. The molecule has 0 amide bonds. The van der Waals surface area contributed by atoms with Gasteiger partial charge in [-0.2, -0.15) is 5.26 Å². The average Bonchev–Trinajstić information content (AvgIpc) is 2.93. The van der Waals surface area contributed by atoms with Crippen LogP contribution in [0.4, 0.5) is 0 Å². The van der Waals surface area contributed by atoms with Crippen molar-refractivity contribution in [2.75, 3.05) is 0 Å². The molecule has 0 bridgehead atoms. The van der Waals surface area contributed by atoms with Gasteiger partial charge in [0.05, 0.1) is 11.6 Å². The van der Waals surface area contributed by atoms with Crippen LogP contribution < -0.4 is 0 Å². The lowest BCUT2D eigenvalue weighted by atomic mass is 9.99. The van der Waals surface area contributed by atoms with Crippen molar-refractivity contribution >= 4 is 0 Å². The summed E-state index contributed by atoms with van der Waals surface area (Å²) in [6.07, 6.45) is 11.6. The van der Waals surface area contributed by atoms with Crippen molar-refractivity contribution in [3.8, 4) is 28.3 Å². The molecule has 36 heavy (non-hydrogen) atoms. The molecule has 0 aliphatic rings. The fraction of sp³-hybridized carbons (Fsp3) is 0.286. The summed E-state index contributed by atoms with van der Waals surface area (Å²) < 4.78 is 0. The molecular weight excluding hydrogens is 434 g/mol. The zero-order chi connectivity index (χ0) is 25.0. The first kappa shape index (κ1) is 25.5. The van der Waals surface area contributed by atoms with Crippen LogP contribution in [-0.4, -0.2) is 0 Å². The summed E-state index contributed by atoms with van der Waals surface area (Å²) in [5.41, 5.74) is 9.87. The Bertz CT molecular complexity index is 1220. The average molecular weight is 472 g/mol. The summed E-state index contributed by atoms with van der Waals surface area (Å²) in [5, 5.41) is 8.95. The number of hydrogen-bond donors (Lipinski definition) is 0. The molecule has 0 atom stereocenters. The molecule has 0 aromatic heterocycles. The molecular formula is C35H37N. The minimum atomic E-state index is 0.708.